The van der Waals surface area contributed by atoms with Gasteiger partial charge >= 0.3 is 0 Å². The smallest absolute Gasteiger partial charge is 0.198 e. The van der Waals surface area contributed by atoms with Gasteiger partial charge in [-0.3, -0.25) is 5.41 Å². The highest BCUT2D eigenvalue weighted by Crippen LogP contribution is 2.12. The van der Waals surface area contributed by atoms with E-state index in [2.05, 4.69) is 46.8 Å². The van der Waals surface area contributed by atoms with Crippen molar-refractivity contribution in [2.45, 2.75) is 13.3 Å². The highest BCUT2D eigenvalue weighted by atomic mass is 15.2. The fourth-order valence-corrected chi connectivity index (χ4v) is 2.39. The molecule has 0 atom stereocenters. The van der Waals surface area contributed by atoms with Crippen molar-refractivity contribution in [2.24, 2.45) is 0 Å². The first-order valence-corrected chi connectivity index (χ1v) is 7.88. The standard InChI is InChI=1S/C20H20N4/c1-15-10-12-16(13-11-15)14-18-8-5-9-19(22-18)24-20(21)23-17-6-3-2-4-7-17/h2-13H,14H2,1H3,(H3,21,22,23,24). The third kappa shape index (κ3) is 4.43. The Morgan fingerprint density at radius 2 is 1.62 bits per heavy atom. The molecule has 0 saturated carbocycles. The number of aryl methyl sites for hydroxylation is 1. The number of aromatic nitrogens is 1. The predicted molar refractivity (Wildman–Crippen MR) is 99.6 cm³/mol. The van der Waals surface area contributed by atoms with Crippen molar-refractivity contribution in [3.63, 3.8) is 0 Å². The van der Waals surface area contributed by atoms with Crippen molar-refractivity contribution < 1.29 is 0 Å². The first kappa shape index (κ1) is 15.7. The third-order valence-electron chi connectivity index (χ3n) is 3.61. The molecule has 24 heavy (non-hydrogen) atoms. The zero-order valence-electron chi connectivity index (χ0n) is 13.6. The van der Waals surface area contributed by atoms with Crippen LogP contribution in [0.5, 0.6) is 0 Å². The Morgan fingerprint density at radius 3 is 2.38 bits per heavy atom. The summed E-state index contributed by atoms with van der Waals surface area (Å²) in [6.07, 6.45) is 0.773. The number of nitrogens with one attached hydrogen (secondary N) is 3. The fourth-order valence-electron chi connectivity index (χ4n) is 2.39. The largest absolute Gasteiger partial charge is 0.326 e. The fraction of sp³-hybridized carbons (Fsp3) is 0.100. The van der Waals surface area contributed by atoms with Gasteiger partial charge in [-0.25, -0.2) is 4.98 Å². The summed E-state index contributed by atoms with van der Waals surface area (Å²) in [6, 6.07) is 23.9. The van der Waals surface area contributed by atoms with Crippen molar-refractivity contribution in [2.75, 3.05) is 10.6 Å². The van der Waals surface area contributed by atoms with Crippen LogP contribution >= 0.6 is 0 Å². The number of para-hydroxylation sites is 1. The summed E-state index contributed by atoms with van der Waals surface area (Å²) in [7, 11) is 0. The minimum atomic E-state index is 0.196. The van der Waals surface area contributed by atoms with E-state index in [1.165, 1.54) is 11.1 Å². The molecule has 0 aliphatic heterocycles. The first-order valence-electron chi connectivity index (χ1n) is 7.88. The van der Waals surface area contributed by atoms with Crippen LogP contribution in [-0.2, 0) is 6.42 Å². The summed E-state index contributed by atoms with van der Waals surface area (Å²) in [4.78, 5) is 4.58. The van der Waals surface area contributed by atoms with E-state index in [9.17, 15) is 0 Å². The maximum Gasteiger partial charge on any atom is 0.198 e. The molecule has 4 nitrogen and oxygen atoms in total. The molecule has 0 bridgehead atoms. The van der Waals surface area contributed by atoms with E-state index < -0.39 is 0 Å². The van der Waals surface area contributed by atoms with Crippen LogP contribution in [0.15, 0.2) is 72.8 Å². The van der Waals surface area contributed by atoms with Gasteiger partial charge in [-0.1, -0.05) is 54.1 Å². The maximum absolute atomic E-state index is 8.02. The molecule has 2 aromatic carbocycles. The lowest BCUT2D eigenvalue weighted by Crippen LogP contribution is -2.21. The van der Waals surface area contributed by atoms with E-state index in [4.69, 9.17) is 5.41 Å². The number of anilines is 2. The van der Waals surface area contributed by atoms with E-state index >= 15 is 0 Å². The number of hydrogen-bond donors (Lipinski definition) is 3. The molecule has 120 valence electrons. The van der Waals surface area contributed by atoms with Crippen LogP contribution in [0, 0.1) is 12.3 Å². The van der Waals surface area contributed by atoms with Crippen LogP contribution < -0.4 is 10.6 Å². The molecule has 0 amide bonds. The van der Waals surface area contributed by atoms with E-state index in [-0.39, 0.29) is 5.96 Å². The molecule has 0 radical (unpaired) electrons. The van der Waals surface area contributed by atoms with Gasteiger partial charge in [0, 0.05) is 17.8 Å². The second-order valence-corrected chi connectivity index (χ2v) is 5.67. The zero-order valence-corrected chi connectivity index (χ0v) is 13.6. The molecule has 0 saturated heterocycles. The summed E-state index contributed by atoms with van der Waals surface area (Å²) in [5.41, 5.74) is 4.31. The van der Waals surface area contributed by atoms with Gasteiger partial charge in [-0.15, -0.1) is 0 Å². The van der Waals surface area contributed by atoms with Gasteiger partial charge in [0.15, 0.2) is 5.96 Å². The first-order chi connectivity index (χ1) is 11.7. The molecule has 3 aromatic rings. The number of benzene rings is 2. The van der Waals surface area contributed by atoms with Crippen LogP contribution in [0.25, 0.3) is 0 Å². The number of hydrogen-bond acceptors (Lipinski definition) is 2. The van der Waals surface area contributed by atoms with Crippen LogP contribution in [0.2, 0.25) is 0 Å². The van der Waals surface area contributed by atoms with Crippen molar-refractivity contribution >= 4 is 17.5 Å². The van der Waals surface area contributed by atoms with Crippen molar-refractivity contribution in [1.29, 1.82) is 5.41 Å². The predicted octanol–water partition coefficient (Wildman–Crippen LogP) is 4.44. The number of rotatable bonds is 4. The molecular formula is C20H20N4. The Bertz CT molecular complexity index is 811. The molecule has 0 unspecified atom stereocenters. The highest BCUT2D eigenvalue weighted by molar-refractivity contribution is 6.00. The normalized spacial score (nSPS) is 10.2. The molecule has 4 heteroatoms. The summed E-state index contributed by atoms with van der Waals surface area (Å²) in [6.45, 7) is 2.08. The average molecular weight is 316 g/mol. The van der Waals surface area contributed by atoms with E-state index in [1.54, 1.807) is 0 Å². The number of nitrogens with zero attached hydrogens (tertiary/aromatic N) is 1. The van der Waals surface area contributed by atoms with Crippen molar-refractivity contribution in [1.82, 2.24) is 4.98 Å². The number of pyridine rings is 1. The molecule has 3 rings (SSSR count). The molecule has 1 aromatic heterocycles. The van der Waals surface area contributed by atoms with Crippen molar-refractivity contribution in [3.8, 4) is 0 Å². The Hall–Kier alpha value is -3.14. The van der Waals surface area contributed by atoms with E-state index in [0.29, 0.717) is 5.82 Å². The van der Waals surface area contributed by atoms with Crippen LogP contribution in [0.4, 0.5) is 11.5 Å². The Labute approximate surface area is 142 Å². The van der Waals surface area contributed by atoms with Gasteiger partial charge < -0.3 is 10.6 Å². The van der Waals surface area contributed by atoms with Gasteiger partial charge in [-0.05, 0) is 36.8 Å². The highest BCUT2D eigenvalue weighted by Gasteiger charge is 2.03. The lowest BCUT2D eigenvalue weighted by Gasteiger charge is -2.10. The van der Waals surface area contributed by atoms with Gasteiger partial charge in [0.1, 0.15) is 5.82 Å². The molecule has 0 spiro atoms. The molecule has 1 heterocycles. The number of guanidine groups is 1. The van der Waals surface area contributed by atoms with Gasteiger partial charge in [-0.2, -0.15) is 0 Å². The molecule has 0 fully saturated rings. The maximum atomic E-state index is 8.02. The summed E-state index contributed by atoms with van der Waals surface area (Å²) < 4.78 is 0. The topological polar surface area (TPSA) is 60.8 Å². The van der Waals surface area contributed by atoms with Gasteiger partial charge in [0.2, 0.25) is 0 Å². The van der Waals surface area contributed by atoms with E-state index in [0.717, 1.165) is 17.8 Å². The SMILES string of the molecule is Cc1ccc(Cc2cccc(NC(=N)Nc3ccccc3)n2)cc1. The summed E-state index contributed by atoms with van der Waals surface area (Å²) >= 11 is 0. The monoisotopic (exact) mass is 316 g/mol. The lowest BCUT2D eigenvalue weighted by molar-refractivity contribution is 1.08. The van der Waals surface area contributed by atoms with Crippen LogP contribution in [0.3, 0.4) is 0 Å². The van der Waals surface area contributed by atoms with Crippen LogP contribution in [0.1, 0.15) is 16.8 Å². The molecule has 0 aliphatic carbocycles. The quantitative estimate of drug-likeness (QED) is 0.492. The minimum Gasteiger partial charge on any atom is -0.326 e. The Balaban J connectivity index is 1.64. The second kappa shape index (κ2) is 7.42. The minimum absolute atomic E-state index is 0.196. The van der Waals surface area contributed by atoms with Crippen molar-refractivity contribution in [3.05, 3.63) is 89.6 Å². The molecular weight excluding hydrogens is 296 g/mol. The van der Waals surface area contributed by atoms with E-state index in [1.807, 2.05) is 48.5 Å². The molecule has 0 aliphatic rings. The molecule has 3 N–H and O–H groups in total. The lowest BCUT2D eigenvalue weighted by atomic mass is 10.1. The van der Waals surface area contributed by atoms with Gasteiger partial charge in [0.25, 0.3) is 0 Å². The summed E-state index contributed by atoms with van der Waals surface area (Å²) in [5.74, 6) is 0.856. The Morgan fingerprint density at radius 1 is 0.875 bits per heavy atom. The zero-order chi connectivity index (χ0) is 16.8. The summed E-state index contributed by atoms with van der Waals surface area (Å²) in [5, 5.41) is 14.0. The average Bonchev–Trinajstić information content (AvgIpc) is 2.58. The van der Waals surface area contributed by atoms with Crippen LogP contribution in [-0.4, -0.2) is 10.9 Å². The Kier molecular flexibility index (Phi) is 4.87. The third-order valence-corrected chi connectivity index (χ3v) is 3.61. The van der Waals surface area contributed by atoms with Gasteiger partial charge in [0.05, 0.1) is 0 Å². The second-order valence-electron chi connectivity index (χ2n) is 5.67.